The van der Waals surface area contributed by atoms with Crippen LogP contribution in [0.15, 0.2) is 48.5 Å². The maximum absolute atomic E-state index is 10.8. The van der Waals surface area contributed by atoms with Gasteiger partial charge in [-0.1, -0.05) is 30.3 Å². The van der Waals surface area contributed by atoms with Gasteiger partial charge >= 0.3 is 0 Å². The van der Waals surface area contributed by atoms with Crippen molar-refractivity contribution in [3.05, 3.63) is 74.3 Å². The SMILES string of the molecule is O=[N+]([O-])c1cc(NCC(O)c2ccccc2)cc([N+](=O)[O-])c1. The molecule has 8 nitrogen and oxygen atoms in total. The Kier molecular flexibility index (Phi) is 4.64. The summed E-state index contributed by atoms with van der Waals surface area (Å²) in [5.41, 5.74) is 0.114. The summed E-state index contributed by atoms with van der Waals surface area (Å²) in [6.45, 7) is 0.0718. The molecule has 8 heteroatoms. The zero-order valence-corrected chi connectivity index (χ0v) is 11.4. The highest BCUT2D eigenvalue weighted by Crippen LogP contribution is 2.26. The van der Waals surface area contributed by atoms with Gasteiger partial charge in [0.15, 0.2) is 0 Å². The van der Waals surface area contributed by atoms with Crippen LogP contribution in [-0.4, -0.2) is 21.5 Å². The quantitative estimate of drug-likeness (QED) is 0.625. The van der Waals surface area contributed by atoms with Crippen LogP contribution in [0.3, 0.4) is 0 Å². The van der Waals surface area contributed by atoms with Gasteiger partial charge in [-0.15, -0.1) is 0 Å². The number of aliphatic hydroxyl groups excluding tert-OH is 1. The van der Waals surface area contributed by atoms with Crippen LogP contribution < -0.4 is 5.32 Å². The van der Waals surface area contributed by atoms with Crippen molar-refractivity contribution in [2.75, 3.05) is 11.9 Å². The first kappa shape index (κ1) is 15.4. The summed E-state index contributed by atoms with van der Waals surface area (Å²) in [6.07, 6.45) is -0.834. The smallest absolute Gasteiger partial charge is 0.278 e. The number of nitro groups is 2. The van der Waals surface area contributed by atoms with E-state index in [1.807, 2.05) is 6.07 Å². The average Bonchev–Trinajstić information content (AvgIpc) is 2.53. The minimum absolute atomic E-state index is 0.0718. The van der Waals surface area contributed by atoms with Crippen molar-refractivity contribution in [1.29, 1.82) is 0 Å². The van der Waals surface area contributed by atoms with Crippen LogP contribution in [0.5, 0.6) is 0 Å². The van der Waals surface area contributed by atoms with E-state index in [1.54, 1.807) is 24.3 Å². The van der Waals surface area contributed by atoms with E-state index in [4.69, 9.17) is 0 Å². The first-order chi connectivity index (χ1) is 10.5. The molecule has 0 amide bonds. The lowest BCUT2D eigenvalue weighted by Crippen LogP contribution is -2.12. The number of hydrogen-bond donors (Lipinski definition) is 2. The number of nitro benzene ring substituents is 2. The van der Waals surface area contributed by atoms with Gasteiger partial charge in [-0.05, 0) is 5.56 Å². The second-order valence-electron chi connectivity index (χ2n) is 4.56. The lowest BCUT2D eigenvalue weighted by atomic mass is 10.1. The van der Waals surface area contributed by atoms with Crippen molar-refractivity contribution >= 4 is 17.1 Å². The van der Waals surface area contributed by atoms with Gasteiger partial charge in [-0.3, -0.25) is 20.2 Å². The second kappa shape index (κ2) is 6.64. The summed E-state index contributed by atoms with van der Waals surface area (Å²) in [7, 11) is 0. The highest BCUT2D eigenvalue weighted by atomic mass is 16.6. The highest BCUT2D eigenvalue weighted by Gasteiger charge is 2.17. The molecule has 0 aliphatic carbocycles. The topological polar surface area (TPSA) is 119 Å². The van der Waals surface area contributed by atoms with Gasteiger partial charge in [-0.25, -0.2) is 0 Å². The zero-order valence-electron chi connectivity index (χ0n) is 11.4. The van der Waals surface area contributed by atoms with Crippen molar-refractivity contribution in [2.24, 2.45) is 0 Å². The van der Waals surface area contributed by atoms with Crippen molar-refractivity contribution in [3.8, 4) is 0 Å². The van der Waals surface area contributed by atoms with E-state index >= 15 is 0 Å². The number of nitrogens with zero attached hydrogens (tertiary/aromatic N) is 2. The first-order valence-corrected chi connectivity index (χ1v) is 6.38. The third kappa shape index (κ3) is 3.76. The number of nitrogens with one attached hydrogen (secondary N) is 1. The predicted octanol–water partition coefficient (Wildman–Crippen LogP) is 2.65. The van der Waals surface area contributed by atoms with E-state index in [0.717, 1.165) is 6.07 Å². The third-order valence-corrected chi connectivity index (χ3v) is 3.01. The van der Waals surface area contributed by atoms with Crippen LogP contribution in [0.2, 0.25) is 0 Å². The van der Waals surface area contributed by atoms with E-state index in [-0.39, 0.29) is 23.6 Å². The molecule has 0 radical (unpaired) electrons. The van der Waals surface area contributed by atoms with E-state index in [1.165, 1.54) is 12.1 Å². The molecule has 2 aromatic carbocycles. The Morgan fingerprint density at radius 3 is 2.05 bits per heavy atom. The molecule has 0 saturated heterocycles. The van der Waals surface area contributed by atoms with Crippen LogP contribution >= 0.6 is 0 Å². The molecular weight excluding hydrogens is 290 g/mol. The van der Waals surface area contributed by atoms with Crippen molar-refractivity contribution in [2.45, 2.75) is 6.10 Å². The van der Waals surface area contributed by atoms with Gasteiger partial charge in [0, 0.05) is 24.4 Å². The molecule has 0 aromatic heterocycles. The molecule has 0 heterocycles. The van der Waals surface area contributed by atoms with Crippen LogP contribution in [0.1, 0.15) is 11.7 Å². The molecule has 0 spiro atoms. The Bertz CT molecular complexity index is 658. The van der Waals surface area contributed by atoms with Gasteiger partial charge in [0.05, 0.1) is 22.0 Å². The number of non-ortho nitro benzene ring substituents is 2. The summed E-state index contributed by atoms with van der Waals surface area (Å²) in [6, 6.07) is 12.1. The van der Waals surface area contributed by atoms with Crippen molar-refractivity contribution < 1.29 is 15.0 Å². The Balaban J connectivity index is 2.15. The monoisotopic (exact) mass is 303 g/mol. The molecule has 1 atom stereocenters. The second-order valence-corrected chi connectivity index (χ2v) is 4.56. The maximum atomic E-state index is 10.8. The third-order valence-electron chi connectivity index (χ3n) is 3.01. The number of benzene rings is 2. The van der Waals surface area contributed by atoms with E-state index in [9.17, 15) is 25.3 Å². The summed E-state index contributed by atoms with van der Waals surface area (Å²) >= 11 is 0. The lowest BCUT2D eigenvalue weighted by Gasteiger charge is -2.13. The molecule has 0 saturated carbocycles. The molecule has 2 rings (SSSR count). The standard InChI is InChI=1S/C14H13N3O5/c18-14(10-4-2-1-3-5-10)9-15-11-6-12(16(19)20)8-13(7-11)17(21)22/h1-8,14-15,18H,9H2. The van der Waals surface area contributed by atoms with Crippen molar-refractivity contribution in [3.63, 3.8) is 0 Å². The molecule has 22 heavy (non-hydrogen) atoms. The van der Waals surface area contributed by atoms with Crippen LogP contribution in [-0.2, 0) is 0 Å². The van der Waals surface area contributed by atoms with Crippen LogP contribution in [0.4, 0.5) is 17.1 Å². The summed E-state index contributed by atoms with van der Waals surface area (Å²) < 4.78 is 0. The fourth-order valence-corrected chi connectivity index (χ4v) is 1.92. The summed E-state index contributed by atoms with van der Waals surface area (Å²) in [5, 5.41) is 34.4. The molecule has 0 aliphatic heterocycles. The average molecular weight is 303 g/mol. The van der Waals surface area contributed by atoms with Gasteiger partial charge in [0.25, 0.3) is 11.4 Å². The Labute approximate surface area is 125 Å². The van der Waals surface area contributed by atoms with Crippen LogP contribution in [0.25, 0.3) is 0 Å². The molecule has 114 valence electrons. The molecular formula is C14H13N3O5. The number of aliphatic hydroxyl groups is 1. The Hall–Kier alpha value is -3.00. The molecule has 0 bridgehead atoms. The number of rotatable bonds is 6. The van der Waals surface area contributed by atoms with Crippen molar-refractivity contribution in [1.82, 2.24) is 0 Å². The number of anilines is 1. The van der Waals surface area contributed by atoms with Gasteiger partial charge < -0.3 is 10.4 Å². The molecule has 2 aromatic rings. The fraction of sp³-hybridized carbons (Fsp3) is 0.143. The zero-order chi connectivity index (χ0) is 16.1. The van der Waals surface area contributed by atoms with Gasteiger partial charge in [0.2, 0.25) is 0 Å². The summed E-state index contributed by atoms with van der Waals surface area (Å²) in [4.78, 5) is 20.2. The maximum Gasteiger partial charge on any atom is 0.278 e. The van der Waals surface area contributed by atoms with E-state index in [2.05, 4.69) is 5.32 Å². The molecule has 0 aliphatic rings. The Morgan fingerprint density at radius 1 is 1.00 bits per heavy atom. The van der Waals surface area contributed by atoms with Crippen LogP contribution in [0, 0.1) is 20.2 Å². The lowest BCUT2D eigenvalue weighted by molar-refractivity contribution is -0.394. The number of hydrogen-bond acceptors (Lipinski definition) is 6. The first-order valence-electron chi connectivity index (χ1n) is 6.38. The molecule has 2 N–H and O–H groups in total. The minimum atomic E-state index is -0.834. The largest absolute Gasteiger partial charge is 0.387 e. The molecule has 0 fully saturated rings. The van der Waals surface area contributed by atoms with E-state index < -0.39 is 16.0 Å². The normalized spacial score (nSPS) is 11.7. The Morgan fingerprint density at radius 2 is 1.55 bits per heavy atom. The van der Waals surface area contributed by atoms with Gasteiger partial charge in [-0.2, -0.15) is 0 Å². The highest BCUT2D eigenvalue weighted by molar-refractivity contribution is 5.59. The summed E-state index contributed by atoms with van der Waals surface area (Å²) in [5.74, 6) is 0. The van der Waals surface area contributed by atoms with Gasteiger partial charge in [0.1, 0.15) is 0 Å². The fourth-order valence-electron chi connectivity index (χ4n) is 1.92. The molecule has 1 unspecified atom stereocenters. The minimum Gasteiger partial charge on any atom is -0.387 e. The van der Waals surface area contributed by atoms with E-state index in [0.29, 0.717) is 5.56 Å². The predicted molar refractivity (Wildman–Crippen MR) is 79.6 cm³/mol.